The monoisotopic (exact) mass is 232 g/mol. The number of carbonyl (C=O) groups is 1. The van der Waals surface area contributed by atoms with Crippen LogP contribution in [0.25, 0.3) is 10.8 Å². The van der Waals surface area contributed by atoms with Crippen molar-refractivity contribution >= 4 is 17.2 Å². The Hall–Kier alpha value is -2.03. The van der Waals surface area contributed by atoms with E-state index in [0.29, 0.717) is 12.2 Å². The van der Waals surface area contributed by atoms with Crippen LogP contribution in [0.2, 0.25) is 0 Å². The zero-order valence-electron chi connectivity index (χ0n) is 9.96. The van der Waals surface area contributed by atoms with Gasteiger partial charge >= 0.3 is 0 Å². The number of fused-ring (bicyclic) bond motifs is 1. The Morgan fingerprint density at radius 2 is 1.76 bits per heavy atom. The number of carbonyl (C=O) groups excluding carboxylic acids is 1. The molecule has 0 saturated heterocycles. The molecule has 0 atom stereocenters. The maximum atomic E-state index is 9.39. The second-order valence-corrected chi connectivity index (χ2v) is 3.81. The zero-order valence-corrected chi connectivity index (χ0v) is 9.96. The van der Waals surface area contributed by atoms with E-state index < -0.39 is 0 Å². The van der Waals surface area contributed by atoms with Gasteiger partial charge in [-0.3, -0.25) is 4.79 Å². The van der Waals surface area contributed by atoms with Gasteiger partial charge in [-0.2, -0.15) is 0 Å². The number of hydrogen-bond donors (Lipinski definition) is 1. The van der Waals surface area contributed by atoms with Crippen LogP contribution in [-0.2, 0) is 9.53 Å². The van der Waals surface area contributed by atoms with E-state index in [0.717, 1.165) is 10.8 Å². The van der Waals surface area contributed by atoms with Gasteiger partial charge in [-0.25, -0.2) is 0 Å². The molecule has 3 heteroatoms. The van der Waals surface area contributed by atoms with Gasteiger partial charge in [0.05, 0.1) is 6.10 Å². The first-order chi connectivity index (χ1) is 8.13. The molecule has 17 heavy (non-hydrogen) atoms. The minimum Gasteiger partial charge on any atom is -0.508 e. The van der Waals surface area contributed by atoms with E-state index in [2.05, 4.69) is 4.74 Å². The summed E-state index contributed by atoms with van der Waals surface area (Å²) in [6, 6.07) is 13.3. The Bertz CT molecular complexity index is 478. The van der Waals surface area contributed by atoms with Gasteiger partial charge in [0, 0.05) is 0 Å². The molecule has 1 N–H and O–H groups in total. The number of rotatable bonds is 2. The minimum atomic E-state index is 0.0301. The van der Waals surface area contributed by atoms with Gasteiger partial charge in [0.15, 0.2) is 0 Å². The third kappa shape index (κ3) is 4.55. The van der Waals surface area contributed by atoms with Gasteiger partial charge in [-0.05, 0) is 36.8 Å². The van der Waals surface area contributed by atoms with Crippen LogP contribution in [-0.4, -0.2) is 17.7 Å². The number of phenolic OH excluding ortho intramolecular Hbond substituents is 1. The fraction of sp³-hybridized carbons (Fsp3) is 0.214. The lowest BCUT2D eigenvalue weighted by Crippen LogP contribution is -1.98. The molecule has 0 saturated carbocycles. The highest BCUT2D eigenvalue weighted by atomic mass is 16.5. The van der Waals surface area contributed by atoms with Crippen molar-refractivity contribution in [3.8, 4) is 5.75 Å². The van der Waals surface area contributed by atoms with Gasteiger partial charge < -0.3 is 9.84 Å². The van der Waals surface area contributed by atoms with Gasteiger partial charge in [0.25, 0.3) is 6.47 Å². The first-order valence-electron chi connectivity index (χ1n) is 5.40. The fourth-order valence-electron chi connectivity index (χ4n) is 1.29. The molecule has 0 aliphatic carbocycles. The van der Waals surface area contributed by atoms with Gasteiger partial charge in [0.2, 0.25) is 0 Å². The van der Waals surface area contributed by atoms with E-state index in [4.69, 9.17) is 5.11 Å². The fourth-order valence-corrected chi connectivity index (χ4v) is 1.29. The number of benzene rings is 2. The highest BCUT2D eigenvalue weighted by Crippen LogP contribution is 2.18. The summed E-state index contributed by atoms with van der Waals surface area (Å²) in [6.07, 6.45) is 0.0301. The van der Waals surface area contributed by atoms with Crippen LogP contribution in [0.3, 0.4) is 0 Å². The SMILES string of the molecule is CC(C)OC=O.Oc1ccc2ccccc2c1. The lowest BCUT2D eigenvalue weighted by Gasteiger charge is -1.96. The van der Waals surface area contributed by atoms with E-state index in [-0.39, 0.29) is 6.10 Å². The van der Waals surface area contributed by atoms with Crippen molar-refractivity contribution in [3.05, 3.63) is 42.5 Å². The average molecular weight is 232 g/mol. The van der Waals surface area contributed by atoms with Crippen LogP contribution in [0.15, 0.2) is 42.5 Å². The molecule has 90 valence electrons. The molecule has 2 aromatic carbocycles. The lowest BCUT2D eigenvalue weighted by atomic mass is 10.1. The van der Waals surface area contributed by atoms with Crippen LogP contribution >= 0.6 is 0 Å². The van der Waals surface area contributed by atoms with E-state index in [1.54, 1.807) is 26.0 Å². The molecule has 0 fully saturated rings. The van der Waals surface area contributed by atoms with E-state index >= 15 is 0 Å². The summed E-state index contributed by atoms with van der Waals surface area (Å²) in [6.45, 7) is 4.05. The predicted octanol–water partition coefficient (Wildman–Crippen LogP) is 3.11. The highest BCUT2D eigenvalue weighted by Gasteiger charge is 1.91. The summed E-state index contributed by atoms with van der Waals surface area (Å²) in [5.74, 6) is 0.323. The summed E-state index contributed by atoms with van der Waals surface area (Å²) in [5.41, 5.74) is 0. The second kappa shape index (κ2) is 6.53. The van der Waals surface area contributed by atoms with Crippen LogP contribution in [0.5, 0.6) is 5.75 Å². The largest absolute Gasteiger partial charge is 0.508 e. The molecule has 0 aliphatic heterocycles. The number of phenols is 1. The molecule has 0 aromatic heterocycles. The van der Waals surface area contributed by atoms with E-state index in [9.17, 15) is 4.79 Å². The van der Waals surface area contributed by atoms with Gasteiger partial charge in [-0.15, -0.1) is 0 Å². The zero-order chi connectivity index (χ0) is 12.7. The maximum absolute atomic E-state index is 9.39. The van der Waals surface area contributed by atoms with Crippen LogP contribution in [0, 0.1) is 0 Å². The van der Waals surface area contributed by atoms with Crippen molar-refractivity contribution < 1.29 is 14.6 Å². The molecular weight excluding hydrogens is 216 g/mol. The Morgan fingerprint density at radius 3 is 2.29 bits per heavy atom. The Labute approximate surface area is 101 Å². The second-order valence-electron chi connectivity index (χ2n) is 3.81. The predicted molar refractivity (Wildman–Crippen MR) is 67.9 cm³/mol. The third-order valence-electron chi connectivity index (χ3n) is 2.06. The van der Waals surface area contributed by atoms with Gasteiger partial charge in [-0.1, -0.05) is 30.3 Å². The van der Waals surface area contributed by atoms with Crippen LogP contribution in [0.4, 0.5) is 0 Å². The van der Waals surface area contributed by atoms with Crippen molar-refractivity contribution in [3.63, 3.8) is 0 Å². The maximum Gasteiger partial charge on any atom is 0.293 e. The third-order valence-corrected chi connectivity index (χ3v) is 2.06. The standard InChI is InChI=1S/C10H8O.C4H8O2/c11-10-6-5-8-3-1-2-4-9(8)7-10;1-4(2)6-3-5/h1-7,11H;3-4H,1-2H3. The highest BCUT2D eigenvalue weighted by molar-refractivity contribution is 5.83. The molecule has 0 bridgehead atoms. The van der Waals surface area contributed by atoms with Crippen molar-refractivity contribution in [2.24, 2.45) is 0 Å². The summed E-state index contributed by atoms with van der Waals surface area (Å²) >= 11 is 0. The summed E-state index contributed by atoms with van der Waals surface area (Å²) < 4.78 is 4.36. The minimum absolute atomic E-state index is 0.0301. The van der Waals surface area contributed by atoms with Crippen molar-refractivity contribution in [2.45, 2.75) is 20.0 Å². The van der Waals surface area contributed by atoms with Crippen molar-refractivity contribution in [1.29, 1.82) is 0 Å². The lowest BCUT2D eigenvalue weighted by molar-refractivity contribution is -0.131. The van der Waals surface area contributed by atoms with Crippen molar-refractivity contribution in [1.82, 2.24) is 0 Å². The van der Waals surface area contributed by atoms with Crippen molar-refractivity contribution in [2.75, 3.05) is 0 Å². The molecular formula is C14H16O3. The molecule has 3 nitrogen and oxygen atoms in total. The summed E-state index contributed by atoms with van der Waals surface area (Å²) in [7, 11) is 0. The smallest absolute Gasteiger partial charge is 0.293 e. The molecule has 2 rings (SSSR count). The molecule has 2 aromatic rings. The van der Waals surface area contributed by atoms with Crippen LogP contribution < -0.4 is 0 Å². The first kappa shape index (κ1) is 13.0. The number of aromatic hydroxyl groups is 1. The quantitative estimate of drug-likeness (QED) is 0.809. The first-order valence-corrected chi connectivity index (χ1v) is 5.40. The van der Waals surface area contributed by atoms with Gasteiger partial charge in [0.1, 0.15) is 5.75 Å². The molecule has 0 heterocycles. The summed E-state index contributed by atoms with van der Waals surface area (Å²) in [5, 5.41) is 11.4. The topological polar surface area (TPSA) is 46.5 Å². The average Bonchev–Trinajstić information content (AvgIpc) is 2.29. The van der Waals surface area contributed by atoms with Crippen LogP contribution in [0.1, 0.15) is 13.8 Å². The molecule has 0 aliphatic rings. The Kier molecular flexibility index (Phi) is 5.01. The van der Waals surface area contributed by atoms with E-state index in [1.807, 2.05) is 30.3 Å². The Balaban J connectivity index is 0.000000209. The van der Waals surface area contributed by atoms with E-state index in [1.165, 1.54) is 0 Å². The normalized spacial score (nSPS) is 9.59. The molecule has 0 spiro atoms. The molecule has 0 unspecified atom stereocenters. The number of ether oxygens (including phenoxy) is 1. The Morgan fingerprint density at radius 1 is 1.12 bits per heavy atom. The molecule has 0 radical (unpaired) electrons. The number of hydrogen-bond acceptors (Lipinski definition) is 3. The summed E-state index contributed by atoms with van der Waals surface area (Å²) in [4.78, 5) is 9.39. The molecule has 0 amide bonds.